The first-order valence-electron chi connectivity index (χ1n) is 6.30. The van der Waals surface area contributed by atoms with Gasteiger partial charge in [-0.3, -0.25) is 4.98 Å². The molecular weight excluding hydrogens is 214 g/mol. The third kappa shape index (κ3) is 5.54. The molecule has 4 heteroatoms. The fraction of sp³-hybridized carbons (Fsp3) is 0.615. The van der Waals surface area contributed by atoms with Crippen molar-refractivity contribution in [3.63, 3.8) is 0 Å². The molecular formula is C13H23N3O. The van der Waals surface area contributed by atoms with Crippen LogP contribution in [0, 0.1) is 5.92 Å². The molecule has 0 saturated carbocycles. The number of aromatic nitrogens is 1. The Bertz CT molecular complexity index is 317. The van der Waals surface area contributed by atoms with Crippen molar-refractivity contribution >= 4 is 11.4 Å². The lowest BCUT2D eigenvalue weighted by atomic mass is 10.1. The average Bonchev–Trinajstić information content (AvgIpc) is 2.35. The van der Waals surface area contributed by atoms with Crippen LogP contribution in [0.2, 0.25) is 0 Å². The molecule has 1 aromatic rings. The van der Waals surface area contributed by atoms with Gasteiger partial charge in [0.2, 0.25) is 0 Å². The van der Waals surface area contributed by atoms with E-state index in [1.165, 1.54) is 0 Å². The zero-order valence-electron chi connectivity index (χ0n) is 10.7. The molecule has 3 N–H and O–H groups in total. The topological polar surface area (TPSA) is 57.2 Å². The fourth-order valence-electron chi connectivity index (χ4n) is 1.61. The van der Waals surface area contributed by atoms with E-state index in [0.29, 0.717) is 5.92 Å². The Balaban J connectivity index is 2.28. The third-order valence-electron chi connectivity index (χ3n) is 2.63. The summed E-state index contributed by atoms with van der Waals surface area (Å²) in [6.07, 6.45) is 5.76. The highest BCUT2D eigenvalue weighted by Gasteiger charge is 1.99. The number of anilines is 2. The van der Waals surface area contributed by atoms with Crippen LogP contribution in [0.3, 0.4) is 0 Å². The molecule has 96 valence electrons. The Morgan fingerprint density at radius 2 is 2.00 bits per heavy atom. The maximum atomic E-state index is 8.91. The summed E-state index contributed by atoms with van der Waals surface area (Å²) in [5.41, 5.74) is 2.08. The van der Waals surface area contributed by atoms with Crippen LogP contribution in [-0.2, 0) is 0 Å². The molecule has 1 heterocycles. The van der Waals surface area contributed by atoms with Crippen LogP contribution in [0.5, 0.6) is 0 Å². The minimum Gasteiger partial charge on any atom is -0.396 e. The number of nitrogens with zero attached hydrogens (tertiary/aromatic N) is 1. The van der Waals surface area contributed by atoms with Crippen molar-refractivity contribution in [2.45, 2.75) is 26.7 Å². The summed E-state index contributed by atoms with van der Waals surface area (Å²) in [6.45, 7) is 6.22. The SMILES string of the molecule is CCNc1cncc(NCCCC(C)CO)c1. The van der Waals surface area contributed by atoms with Crippen molar-refractivity contribution in [2.75, 3.05) is 30.3 Å². The van der Waals surface area contributed by atoms with E-state index in [-0.39, 0.29) is 6.61 Å². The minimum atomic E-state index is 0.275. The van der Waals surface area contributed by atoms with Gasteiger partial charge >= 0.3 is 0 Å². The Hall–Kier alpha value is -1.29. The first-order valence-corrected chi connectivity index (χ1v) is 6.30. The largest absolute Gasteiger partial charge is 0.396 e. The van der Waals surface area contributed by atoms with Gasteiger partial charge in [0, 0.05) is 19.7 Å². The second-order valence-corrected chi connectivity index (χ2v) is 4.35. The first-order chi connectivity index (χ1) is 8.26. The lowest BCUT2D eigenvalue weighted by molar-refractivity contribution is 0.229. The van der Waals surface area contributed by atoms with Gasteiger partial charge in [0.15, 0.2) is 0 Å². The Kier molecular flexibility index (Phi) is 6.40. The molecule has 1 unspecified atom stereocenters. The number of aliphatic hydroxyl groups is 1. The van der Waals surface area contributed by atoms with E-state index in [2.05, 4.69) is 35.5 Å². The molecule has 4 nitrogen and oxygen atoms in total. The van der Waals surface area contributed by atoms with Gasteiger partial charge in [-0.1, -0.05) is 6.92 Å². The van der Waals surface area contributed by atoms with E-state index < -0.39 is 0 Å². The smallest absolute Gasteiger partial charge is 0.0547 e. The third-order valence-corrected chi connectivity index (χ3v) is 2.63. The first kappa shape index (κ1) is 13.8. The highest BCUT2D eigenvalue weighted by atomic mass is 16.3. The highest BCUT2D eigenvalue weighted by Crippen LogP contribution is 2.13. The number of nitrogens with one attached hydrogen (secondary N) is 2. The van der Waals surface area contributed by atoms with E-state index in [4.69, 9.17) is 5.11 Å². The van der Waals surface area contributed by atoms with Crippen molar-refractivity contribution < 1.29 is 5.11 Å². The van der Waals surface area contributed by atoms with Gasteiger partial charge in [-0.15, -0.1) is 0 Å². The van der Waals surface area contributed by atoms with Crippen LogP contribution in [0.4, 0.5) is 11.4 Å². The summed E-state index contributed by atoms with van der Waals surface area (Å²) in [5.74, 6) is 0.392. The van der Waals surface area contributed by atoms with Crippen molar-refractivity contribution in [3.05, 3.63) is 18.5 Å². The molecule has 0 amide bonds. The lowest BCUT2D eigenvalue weighted by Gasteiger charge is -2.10. The normalized spacial score (nSPS) is 12.2. The van der Waals surface area contributed by atoms with Gasteiger partial charge in [-0.2, -0.15) is 0 Å². The predicted octanol–water partition coefficient (Wildman–Crippen LogP) is 2.33. The molecule has 1 aromatic heterocycles. The van der Waals surface area contributed by atoms with Crippen molar-refractivity contribution in [2.24, 2.45) is 5.92 Å². The molecule has 0 fully saturated rings. The molecule has 1 atom stereocenters. The zero-order valence-corrected chi connectivity index (χ0v) is 10.7. The van der Waals surface area contributed by atoms with Crippen LogP contribution in [0.25, 0.3) is 0 Å². The van der Waals surface area contributed by atoms with Gasteiger partial charge in [-0.05, 0) is 31.7 Å². The molecule has 0 aliphatic carbocycles. The lowest BCUT2D eigenvalue weighted by Crippen LogP contribution is -2.07. The molecule has 1 rings (SSSR count). The van der Waals surface area contributed by atoms with Crippen LogP contribution in [0.1, 0.15) is 26.7 Å². The van der Waals surface area contributed by atoms with Gasteiger partial charge in [-0.25, -0.2) is 0 Å². The van der Waals surface area contributed by atoms with Crippen molar-refractivity contribution in [1.82, 2.24) is 4.98 Å². The number of rotatable bonds is 8. The number of aliphatic hydroxyl groups excluding tert-OH is 1. The second-order valence-electron chi connectivity index (χ2n) is 4.35. The van der Waals surface area contributed by atoms with E-state index in [9.17, 15) is 0 Å². The van der Waals surface area contributed by atoms with Gasteiger partial charge in [0.1, 0.15) is 0 Å². The fourth-order valence-corrected chi connectivity index (χ4v) is 1.61. The molecule has 0 aliphatic rings. The van der Waals surface area contributed by atoms with Crippen LogP contribution in [0.15, 0.2) is 18.5 Å². The summed E-state index contributed by atoms with van der Waals surface area (Å²) in [5, 5.41) is 15.5. The minimum absolute atomic E-state index is 0.275. The summed E-state index contributed by atoms with van der Waals surface area (Å²) < 4.78 is 0. The Labute approximate surface area is 103 Å². The van der Waals surface area contributed by atoms with Crippen LogP contribution >= 0.6 is 0 Å². The number of pyridine rings is 1. The molecule has 0 aromatic carbocycles. The summed E-state index contributed by atoms with van der Waals surface area (Å²) >= 11 is 0. The van der Waals surface area contributed by atoms with E-state index >= 15 is 0 Å². The summed E-state index contributed by atoms with van der Waals surface area (Å²) in [4.78, 5) is 4.17. The van der Waals surface area contributed by atoms with Crippen molar-refractivity contribution in [1.29, 1.82) is 0 Å². The maximum Gasteiger partial charge on any atom is 0.0547 e. The van der Waals surface area contributed by atoms with Gasteiger partial charge in [0.25, 0.3) is 0 Å². The standard InChI is InChI=1S/C13H23N3O/c1-3-15-12-7-13(9-14-8-12)16-6-4-5-11(2)10-17/h7-9,11,15-17H,3-6,10H2,1-2H3. The maximum absolute atomic E-state index is 8.91. The average molecular weight is 237 g/mol. The van der Waals surface area contributed by atoms with E-state index in [1.54, 1.807) is 0 Å². The predicted molar refractivity (Wildman–Crippen MR) is 72.4 cm³/mol. The van der Waals surface area contributed by atoms with E-state index in [1.807, 2.05) is 12.4 Å². The molecule has 0 bridgehead atoms. The van der Waals surface area contributed by atoms with Gasteiger partial charge in [0.05, 0.1) is 23.8 Å². The molecule has 0 saturated heterocycles. The van der Waals surface area contributed by atoms with Gasteiger partial charge < -0.3 is 15.7 Å². The zero-order chi connectivity index (χ0) is 12.5. The van der Waals surface area contributed by atoms with E-state index in [0.717, 1.165) is 37.3 Å². The Morgan fingerprint density at radius 3 is 2.65 bits per heavy atom. The molecule has 0 aliphatic heterocycles. The molecule has 0 radical (unpaired) electrons. The highest BCUT2D eigenvalue weighted by molar-refractivity contribution is 5.53. The number of hydrogen-bond donors (Lipinski definition) is 3. The number of hydrogen-bond acceptors (Lipinski definition) is 4. The molecule has 17 heavy (non-hydrogen) atoms. The van der Waals surface area contributed by atoms with Crippen LogP contribution < -0.4 is 10.6 Å². The second kappa shape index (κ2) is 7.90. The molecule has 0 spiro atoms. The van der Waals surface area contributed by atoms with Crippen LogP contribution in [-0.4, -0.2) is 29.8 Å². The quantitative estimate of drug-likeness (QED) is 0.607. The summed E-state index contributed by atoms with van der Waals surface area (Å²) in [7, 11) is 0. The monoisotopic (exact) mass is 237 g/mol. The van der Waals surface area contributed by atoms with Crippen molar-refractivity contribution in [3.8, 4) is 0 Å². The summed E-state index contributed by atoms with van der Waals surface area (Å²) in [6, 6.07) is 2.06. The Morgan fingerprint density at radius 1 is 1.29 bits per heavy atom.